The molecule has 0 bridgehead atoms. The maximum atomic E-state index is 14.7. The molecule has 0 amide bonds. The quantitative estimate of drug-likeness (QED) is 0.237. The zero-order chi connectivity index (χ0) is 22.1. The largest absolute Gasteiger partial charge is 0.206 e. The lowest BCUT2D eigenvalue weighted by molar-refractivity contribution is 0.511. The molecule has 4 aromatic rings. The van der Waals surface area contributed by atoms with Gasteiger partial charge in [0.1, 0.15) is 17.5 Å². The molecule has 31 heavy (non-hydrogen) atoms. The van der Waals surface area contributed by atoms with Crippen LogP contribution in [0.3, 0.4) is 0 Å². The molecule has 0 radical (unpaired) electrons. The highest BCUT2D eigenvalue weighted by atomic mass is 19.2. The van der Waals surface area contributed by atoms with Crippen LogP contribution in [0.15, 0.2) is 60.7 Å². The van der Waals surface area contributed by atoms with Crippen LogP contribution in [0.25, 0.3) is 21.9 Å². The van der Waals surface area contributed by atoms with Crippen LogP contribution in [-0.2, 0) is 6.42 Å². The summed E-state index contributed by atoms with van der Waals surface area (Å²) in [4.78, 5) is 0. The van der Waals surface area contributed by atoms with Gasteiger partial charge >= 0.3 is 0 Å². The van der Waals surface area contributed by atoms with E-state index in [0.717, 1.165) is 29.8 Å². The summed E-state index contributed by atoms with van der Waals surface area (Å²) < 4.78 is 70.4. The minimum absolute atomic E-state index is 0.0478. The Morgan fingerprint density at radius 1 is 0.613 bits per heavy atom. The van der Waals surface area contributed by atoms with Crippen molar-refractivity contribution in [1.82, 2.24) is 0 Å². The van der Waals surface area contributed by atoms with Crippen LogP contribution < -0.4 is 0 Å². The standard InChI is InChI=1S/C26H15F5/c1-2-15-3-5-17(21(27)9-15)6-4-16-10-24(30)26(25(31)11-16)19-8-7-18-13-22(28)23(29)14-20(18)12-19/h3,5,7-14H,2H2,1H3. The Morgan fingerprint density at radius 3 is 1.94 bits per heavy atom. The maximum Gasteiger partial charge on any atom is 0.159 e. The van der Waals surface area contributed by atoms with Crippen LogP contribution in [0.5, 0.6) is 0 Å². The van der Waals surface area contributed by atoms with Crippen LogP contribution in [0, 0.1) is 40.9 Å². The molecule has 0 aromatic heterocycles. The molecule has 0 aliphatic rings. The van der Waals surface area contributed by atoms with Crippen LogP contribution in [0.1, 0.15) is 23.6 Å². The SMILES string of the molecule is CCc1ccc(C#Cc2cc(F)c(-c3ccc4cc(F)c(F)cc4c3)c(F)c2)c(F)c1. The highest BCUT2D eigenvalue weighted by Gasteiger charge is 2.14. The van der Waals surface area contributed by atoms with E-state index in [1.807, 2.05) is 6.92 Å². The Kier molecular flexibility index (Phi) is 5.48. The highest BCUT2D eigenvalue weighted by molar-refractivity contribution is 5.87. The van der Waals surface area contributed by atoms with Crippen LogP contribution >= 0.6 is 0 Å². The van der Waals surface area contributed by atoms with Crippen LogP contribution in [0.2, 0.25) is 0 Å². The predicted molar refractivity (Wildman–Crippen MR) is 111 cm³/mol. The molecule has 0 N–H and O–H groups in total. The molecule has 0 unspecified atom stereocenters. The summed E-state index contributed by atoms with van der Waals surface area (Å²) in [6.45, 7) is 1.90. The fourth-order valence-electron chi connectivity index (χ4n) is 3.34. The van der Waals surface area contributed by atoms with E-state index in [1.54, 1.807) is 6.07 Å². The van der Waals surface area contributed by atoms with E-state index in [4.69, 9.17) is 0 Å². The second-order valence-electron chi connectivity index (χ2n) is 7.06. The minimum atomic E-state index is -1.05. The number of fused-ring (bicyclic) bond motifs is 1. The molecule has 0 saturated heterocycles. The van der Waals surface area contributed by atoms with Gasteiger partial charge in [0.05, 0.1) is 11.1 Å². The Labute approximate surface area is 176 Å². The summed E-state index contributed by atoms with van der Waals surface area (Å²) in [5, 5.41) is 0.715. The average Bonchev–Trinajstić information content (AvgIpc) is 2.73. The normalized spacial score (nSPS) is 10.8. The number of hydrogen-bond donors (Lipinski definition) is 0. The topological polar surface area (TPSA) is 0 Å². The molecular formula is C26H15F5. The first-order valence-corrected chi connectivity index (χ1v) is 9.54. The van der Waals surface area contributed by atoms with Crippen molar-refractivity contribution in [2.75, 3.05) is 0 Å². The van der Waals surface area contributed by atoms with Crippen molar-refractivity contribution in [3.63, 3.8) is 0 Å². The second kappa shape index (κ2) is 8.23. The van der Waals surface area contributed by atoms with Gasteiger partial charge in [-0.3, -0.25) is 0 Å². The fourth-order valence-corrected chi connectivity index (χ4v) is 3.34. The van der Waals surface area contributed by atoms with Gasteiger partial charge in [-0.25, -0.2) is 22.0 Å². The zero-order valence-electron chi connectivity index (χ0n) is 16.4. The van der Waals surface area contributed by atoms with Gasteiger partial charge in [0.25, 0.3) is 0 Å². The third-order valence-electron chi connectivity index (χ3n) is 4.99. The number of rotatable bonds is 2. The maximum absolute atomic E-state index is 14.7. The van der Waals surface area contributed by atoms with Gasteiger partial charge < -0.3 is 0 Å². The molecule has 0 aliphatic heterocycles. The summed E-state index contributed by atoms with van der Waals surface area (Å²) in [6.07, 6.45) is 0.679. The first-order chi connectivity index (χ1) is 14.9. The van der Waals surface area contributed by atoms with Crippen molar-refractivity contribution >= 4 is 10.8 Å². The molecule has 0 fully saturated rings. The summed E-state index contributed by atoms with van der Waals surface area (Å²) in [5.41, 5.74) is 0.866. The molecule has 0 nitrogen and oxygen atoms in total. The van der Waals surface area contributed by atoms with Crippen molar-refractivity contribution in [2.24, 2.45) is 0 Å². The Bertz CT molecular complexity index is 1350. The summed E-state index contributed by atoms with van der Waals surface area (Å²) in [6, 6.07) is 13.0. The number of hydrogen-bond acceptors (Lipinski definition) is 0. The molecule has 0 atom stereocenters. The molecule has 0 heterocycles. The van der Waals surface area contributed by atoms with E-state index in [9.17, 15) is 22.0 Å². The Balaban J connectivity index is 1.72. The molecule has 0 aliphatic carbocycles. The summed E-state index contributed by atoms with van der Waals surface area (Å²) >= 11 is 0. The van der Waals surface area contributed by atoms with Gasteiger partial charge in [0, 0.05) is 5.56 Å². The second-order valence-corrected chi connectivity index (χ2v) is 7.06. The van der Waals surface area contributed by atoms with E-state index in [-0.39, 0.29) is 22.3 Å². The van der Waals surface area contributed by atoms with Gasteiger partial charge in [0.2, 0.25) is 0 Å². The first kappa shape index (κ1) is 20.6. The fraction of sp³-hybridized carbons (Fsp3) is 0.0769. The lowest BCUT2D eigenvalue weighted by Gasteiger charge is -2.08. The molecule has 154 valence electrons. The first-order valence-electron chi connectivity index (χ1n) is 9.54. The predicted octanol–water partition coefficient (Wildman–Crippen LogP) is 7.16. The van der Waals surface area contributed by atoms with Gasteiger partial charge in [-0.05, 0) is 70.8 Å². The Morgan fingerprint density at radius 2 is 1.29 bits per heavy atom. The van der Waals surface area contributed by atoms with E-state index in [1.165, 1.54) is 30.3 Å². The van der Waals surface area contributed by atoms with Gasteiger partial charge in [0.15, 0.2) is 11.6 Å². The number of halogens is 5. The number of benzene rings is 4. The van der Waals surface area contributed by atoms with Crippen LogP contribution in [-0.4, -0.2) is 0 Å². The number of aryl methyl sites for hydroxylation is 1. The summed E-state index contributed by atoms with van der Waals surface area (Å²) in [5.74, 6) is 0.900. The van der Waals surface area contributed by atoms with E-state index < -0.39 is 29.1 Å². The van der Waals surface area contributed by atoms with Crippen molar-refractivity contribution in [3.8, 4) is 23.0 Å². The molecule has 5 heteroatoms. The van der Waals surface area contributed by atoms with Crippen molar-refractivity contribution in [1.29, 1.82) is 0 Å². The third kappa shape index (κ3) is 4.15. The van der Waals surface area contributed by atoms with Gasteiger partial charge in [-0.15, -0.1) is 0 Å². The van der Waals surface area contributed by atoms with Crippen LogP contribution in [0.4, 0.5) is 22.0 Å². The molecule has 0 saturated carbocycles. The molecular weight excluding hydrogens is 407 g/mol. The van der Waals surface area contributed by atoms with Crippen molar-refractivity contribution < 1.29 is 22.0 Å². The molecule has 0 spiro atoms. The lowest BCUT2D eigenvalue weighted by atomic mass is 9.99. The Hall–Kier alpha value is -3.65. The smallest absolute Gasteiger partial charge is 0.159 e. The van der Waals surface area contributed by atoms with Gasteiger partial charge in [-0.2, -0.15) is 0 Å². The van der Waals surface area contributed by atoms with E-state index >= 15 is 0 Å². The highest BCUT2D eigenvalue weighted by Crippen LogP contribution is 2.30. The lowest BCUT2D eigenvalue weighted by Crippen LogP contribution is -1.93. The van der Waals surface area contributed by atoms with E-state index in [2.05, 4.69) is 11.8 Å². The zero-order valence-corrected chi connectivity index (χ0v) is 16.4. The minimum Gasteiger partial charge on any atom is -0.206 e. The van der Waals surface area contributed by atoms with E-state index in [0.29, 0.717) is 17.2 Å². The summed E-state index contributed by atoms with van der Waals surface area (Å²) in [7, 11) is 0. The monoisotopic (exact) mass is 422 g/mol. The average molecular weight is 422 g/mol. The molecule has 4 aromatic carbocycles. The molecule has 4 rings (SSSR count). The van der Waals surface area contributed by atoms with Crippen molar-refractivity contribution in [3.05, 3.63) is 106 Å². The third-order valence-corrected chi connectivity index (χ3v) is 4.99. The van der Waals surface area contributed by atoms with Gasteiger partial charge in [-0.1, -0.05) is 37.0 Å². The van der Waals surface area contributed by atoms with Crippen molar-refractivity contribution in [2.45, 2.75) is 13.3 Å².